The molecule has 0 rings (SSSR count). The average molecular weight is 146 g/mol. The maximum absolute atomic E-state index is 10.2. The van der Waals surface area contributed by atoms with E-state index in [0.717, 1.165) is 0 Å². The van der Waals surface area contributed by atoms with Crippen LogP contribution in [0, 0.1) is 11.8 Å². The highest BCUT2D eigenvalue weighted by Crippen LogP contribution is 2.13. The highest BCUT2D eigenvalue weighted by atomic mass is 16.4. The topological polar surface area (TPSA) is 57.5 Å². The summed E-state index contributed by atoms with van der Waals surface area (Å²) in [5, 5.41) is 17.3. The summed E-state index contributed by atoms with van der Waals surface area (Å²) in [5.41, 5.74) is 0. The van der Waals surface area contributed by atoms with Crippen LogP contribution in [0.4, 0.5) is 0 Å². The summed E-state index contributed by atoms with van der Waals surface area (Å²) in [5.74, 6) is -1.12. The van der Waals surface area contributed by atoms with Gasteiger partial charge < -0.3 is 10.2 Å². The molecule has 0 saturated heterocycles. The van der Waals surface area contributed by atoms with Gasteiger partial charge >= 0.3 is 5.97 Å². The van der Waals surface area contributed by atoms with Gasteiger partial charge in [-0.1, -0.05) is 20.8 Å². The molecule has 2 N–H and O–H groups in total. The third-order valence-corrected chi connectivity index (χ3v) is 1.80. The molecule has 2 atom stereocenters. The first-order valence-corrected chi connectivity index (χ1v) is 3.37. The Morgan fingerprint density at radius 1 is 1.30 bits per heavy atom. The number of carboxylic acids is 1. The van der Waals surface area contributed by atoms with E-state index in [1.165, 1.54) is 0 Å². The number of aliphatic hydroxyl groups excluding tert-OH is 1. The van der Waals surface area contributed by atoms with Crippen molar-refractivity contribution >= 4 is 5.97 Å². The molecule has 0 fully saturated rings. The van der Waals surface area contributed by atoms with Gasteiger partial charge in [0, 0.05) is 0 Å². The van der Waals surface area contributed by atoms with Crippen molar-refractivity contribution in [3.05, 3.63) is 0 Å². The third-order valence-electron chi connectivity index (χ3n) is 1.80. The van der Waals surface area contributed by atoms with Crippen molar-refractivity contribution in [1.82, 2.24) is 0 Å². The zero-order chi connectivity index (χ0) is 8.31. The van der Waals surface area contributed by atoms with Gasteiger partial charge in [0.25, 0.3) is 0 Å². The molecule has 0 unspecified atom stereocenters. The van der Waals surface area contributed by atoms with Crippen molar-refractivity contribution in [2.24, 2.45) is 11.8 Å². The molecule has 0 aliphatic carbocycles. The van der Waals surface area contributed by atoms with Gasteiger partial charge in [0.05, 0.1) is 0 Å². The van der Waals surface area contributed by atoms with Crippen molar-refractivity contribution in [3.8, 4) is 0 Å². The lowest BCUT2D eigenvalue weighted by Gasteiger charge is -2.17. The molecule has 0 radical (unpaired) electrons. The second kappa shape index (κ2) is 3.56. The molecule has 10 heavy (non-hydrogen) atoms. The van der Waals surface area contributed by atoms with E-state index in [4.69, 9.17) is 10.2 Å². The first-order valence-electron chi connectivity index (χ1n) is 3.37. The van der Waals surface area contributed by atoms with E-state index in [1.54, 1.807) is 6.92 Å². The predicted octanol–water partition coefficient (Wildman–Crippen LogP) is 0.724. The second-order valence-corrected chi connectivity index (χ2v) is 2.89. The van der Waals surface area contributed by atoms with Crippen LogP contribution in [-0.4, -0.2) is 22.3 Å². The van der Waals surface area contributed by atoms with Gasteiger partial charge in [0.2, 0.25) is 0 Å². The molecule has 3 heteroatoms. The molecule has 0 saturated carbocycles. The third kappa shape index (κ3) is 2.35. The smallest absolute Gasteiger partial charge is 0.332 e. The normalized spacial score (nSPS) is 16.9. The number of carboxylic acid groups (broad SMARTS) is 1. The first-order chi connectivity index (χ1) is 4.46. The van der Waals surface area contributed by atoms with Crippen LogP contribution in [-0.2, 0) is 4.79 Å². The van der Waals surface area contributed by atoms with Crippen molar-refractivity contribution < 1.29 is 15.0 Å². The maximum Gasteiger partial charge on any atom is 0.332 e. The van der Waals surface area contributed by atoms with Crippen LogP contribution < -0.4 is 0 Å². The van der Waals surface area contributed by atoms with Crippen LogP contribution in [0.25, 0.3) is 0 Å². The van der Waals surface area contributed by atoms with Crippen LogP contribution in [0.3, 0.4) is 0 Å². The zero-order valence-electron chi connectivity index (χ0n) is 6.53. The molecular formula is C7H14O3. The lowest BCUT2D eigenvalue weighted by molar-refractivity contribution is -0.150. The van der Waals surface area contributed by atoms with Gasteiger partial charge in [-0.2, -0.15) is 0 Å². The number of rotatable bonds is 3. The summed E-state index contributed by atoms with van der Waals surface area (Å²) in [4.78, 5) is 10.2. The first kappa shape index (κ1) is 9.43. The maximum atomic E-state index is 10.2. The van der Waals surface area contributed by atoms with Gasteiger partial charge in [0.1, 0.15) is 0 Å². The largest absolute Gasteiger partial charge is 0.479 e. The number of hydrogen-bond donors (Lipinski definition) is 2. The fourth-order valence-electron chi connectivity index (χ4n) is 0.589. The predicted molar refractivity (Wildman–Crippen MR) is 37.6 cm³/mol. The number of aliphatic hydroxyl groups is 1. The molecule has 0 aromatic heterocycles. The minimum absolute atomic E-state index is 0.183. The Morgan fingerprint density at radius 3 is 1.80 bits per heavy atom. The van der Waals surface area contributed by atoms with E-state index in [2.05, 4.69) is 0 Å². The quantitative estimate of drug-likeness (QED) is 0.617. The molecule has 60 valence electrons. The van der Waals surface area contributed by atoms with Crippen molar-refractivity contribution in [2.75, 3.05) is 0 Å². The van der Waals surface area contributed by atoms with E-state index in [9.17, 15) is 4.79 Å². The Hall–Kier alpha value is -0.570. The summed E-state index contributed by atoms with van der Waals surface area (Å²) in [6.07, 6.45) is -1.22. The Balaban J connectivity index is 3.94. The van der Waals surface area contributed by atoms with Crippen LogP contribution in [0.15, 0.2) is 0 Å². The number of hydrogen-bond acceptors (Lipinski definition) is 2. The number of carbonyl (C=O) groups is 1. The Kier molecular flexibility index (Phi) is 3.36. The fourth-order valence-corrected chi connectivity index (χ4v) is 0.589. The van der Waals surface area contributed by atoms with Gasteiger partial charge in [-0.3, -0.25) is 0 Å². The Bertz CT molecular complexity index is 120. The van der Waals surface area contributed by atoms with Crippen LogP contribution in [0.2, 0.25) is 0 Å². The van der Waals surface area contributed by atoms with E-state index in [1.807, 2.05) is 13.8 Å². The van der Waals surface area contributed by atoms with Gasteiger partial charge in [0.15, 0.2) is 6.10 Å². The molecule has 0 aliphatic rings. The highest BCUT2D eigenvalue weighted by Gasteiger charge is 2.23. The average Bonchev–Trinajstić information content (AvgIpc) is 1.84. The van der Waals surface area contributed by atoms with Gasteiger partial charge in [-0.25, -0.2) is 4.79 Å². The fraction of sp³-hybridized carbons (Fsp3) is 0.857. The van der Waals surface area contributed by atoms with E-state index >= 15 is 0 Å². The summed E-state index contributed by atoms with van der Waals surface area (Å²) in [7, 11) is 0. The lowest BCUT2D eigenvalue weighted by atomic mass is 9.92. The molecule has 0 aromatic carbocycles. The van der Waals surface area contributed by atoms with Crippen LogP contribution >= 0.6 is 0 Å². The molecule has 3 nitrogen and oxygen atoms in total. The molecule has 0 bridgehead atoms. The Labute approximate surface area is 60.7 Å². The van der Waals surface area contributed by atoms with Gasteiger partial charge in [-0.05, 0) is 11.8 Å². The second-order valence-electron chi connectivity index (χ2n) is 2.89. The lowest BCUT2D eigenvalue weighted by Crippen LogP contribution is -2.30. The Morgan fingerprint density at radius 2 is 1.70 bits per heavy atom. The van der Waals surface area contributed by atoms with Crippen LogP contribution in [0.1, 0.15) is 20.8 Å². The minimum atomic E-state index is -1.22. The van der Waals surface area contributed by atoms with E-state index in [0.29, 0.717) is 0 Å². The van der Waals surface area contributed by atoms with E-state index < -0.39 is 12.1 Å². The number of aliphatic carboxylic acids is 1. The summed E-state index contributed by atoms with van der Waals surface area (Å²) in [6, 6.07) is 0. The standard InChI is InChI=1S/C7H14O3/c1-4(2)5(3)6(8)7(9)10/h4-6,8H,1-3H3,(H,9,10)/t5-,6-/m0/s1. The summed E-state index contributed by atoms with van der Waals surface area (Å²) in [6.45, 7) is 5.50. The van der Waals surface area contributed by atoms with Crippen molar-refractivity contribution in [1.29, 1.82) is 0 Å². The van der Waals surface area contributed by atoms with Gasteiger partial charge in [-0.15, -0.1) is 0 Å². The summed E-state index contributed by atoms with van der Waals surface area (Å²) < 4.78 is 0. The van der Waals surface area contributed by atoms with Crippen molar-refractivity contribution in [3.63, 3.8) is 0 Å². The highest BCUT2D eigenvalue weighted by molar-refractivity contribution is 5.72. The van der Waals surface area contributed by atoms with E-state index in [-0.39, 0.29) is 11.8 Å². The van der Waals surface area contributed by atoms with Crippen LogP contribution in [0.5, 0.6) is 0 Å². The molecule has 0 spiro atoms. The minimum Gasteiger partial charge on any atom is -0.479 e. The monoisotopic (exact) mass is 146 g/mol. The SMILES string of the molecule is CC(C)[C@H](C)[C@H](O)C(=O)O. The molecular weight excluding hydrogens is 132 g/mol. The summed E-state index contributed by atoms with van der Waals surface area (Å²) >= 11 is 0. The molecule has 0 amide bonds. The molecule has 0 aliphatic heterocycles. The van der Waals surface area contributed by atoms with Crippen molar-refractivity contribution in [2.45, 2.75) is 26.9 Å². The zero-order valence-corrected chi connectivity index (χ0v) is 6.53. The molecule has 0 aromatic rings. The molecule has 0 heterocycles.